The van der Waals surface area contributed by atoms with Crippen LogP contribution < -0.4 is 5.32 Å². The van der Waals surface area contributed by atoms with Gasteiger partial charge in [-0.1, -0.05) is 12.1 Å². The molecule has 1 aromatic heterocycles. The number of amides is 1. The zero-order chi connectivity index (χ0) is 19.3. The summed E-state index contributed by atoms with van der Waals surface area (Å²) in [5.41, 5.74) is 1.92. The average molecular weight is 398 g/mol. The van der Waals surface area contributed by atoms with E-state index in [1.165, 1.54) is 49.9 Å². The van der Waals surface area contributed by atoms with Gasteiger partial charge in [0.15, 0.2) is 4.77 Å². The maximum Gasteiger partial charge on any atom is 0.251 e. The normalized spacial score (nSPS) is 19.2. The lowest BCUT2D eigenvalue weighted by atomic mass is 10.1. The molecule has 6 nitrogen and oxygen atoms in total. The summed E-state index contributed by atoms with van der Waals surface area (Å²) >= 11 is 5.82. The first-order valence-corrected chi connectivity index (χ1v) is 10.8. The Hall–Kier alpha value is -1.99. The molecule has 148 valence electrons. The summed E-state index contributed by atoms with van der Waals surface area (Å²) in [6, 6.07) is 9.10. The number of hydrogen-bond donors (Lipinski definition) is 1. The van der Waals surface area contributed by atoms with Crippen LogP contribution >= 0.6 is 12.2 Å². The van der Waals surface area contributed by atoms with Gasteiger partial charge in [0, 0.05) is 37.2 Å². The molecule has 2 aromatic rings. The van der Waals surface area contributed by atoms with E-state index in [-0.39, 0.29) is 5.91 Å². The van der Waals surface area contributed by atoms with E-state index in [1.54, 1.807) is 7.05 Å². The van der Waals surface area contributed by atoms with Crippen molar-refractivity contribution in [3.63, 3.8) is 0 Å². The molecule has 0 aliphatic heterocycles. The number of carbonyl (C=O) groups is 1. The molecule has 7 heteroatoms. The van der Waals surface area contributed by atoms with Crippen molar-refractivity contribution in [3.8, 4) is 0 Å². The third-order valence-corrected chi connectivity index (χ3v) is 6.37. The minimum atomic E-state index is -0.0462. The van der Waals surface area contributed by atoms with E-state index in [1.807, 2.05) is 12.1 Å². The van der Waals surface area contributed by atoms with Gasteiger partial charge in [0.25, 0.3) is 5.91 Å². The first-order valence-electron chi connectivity index (χ1n) is 10.4. The maximum absolute atomic E-state index is 11.8. The molecule has 1 heterocycles. The molecule has 1 N–H and O–H groups in total. The van der Waals surface area contributed by atoms with E-state index < -0.39 is 0 Å². The summed E-state index contributed by atoms with van der Waals surface area (Å²) in [6.45, 7) is 1.61. The minimum absolute atomic E-state index is 0.0462. The Bertz CT molecular complexity index is 935. The largest absolute Gasteiger partial charge is 0.355 e. The van der Waals surface area contributed by atoms with Crippen LogP contribution in [0.2, 0.25) is 0 Å². The number of carbonyl (C=O) groups excluding carboxylic acids is 1. The van der Waals surface area contributed by atoms with Gasteiger partial charge in [-0.2, -0.15) is 5.10 Å². The molecular formula is C21H27N5OS. The molecule has 1 aromatic carbocycles. The molecule has 0 unspecified atom stereocenters. The topological polar surface area (TPSA) is 55.1 Å². The van der Waals surface area contributed by atoms with Gasteiger partial charge in [0.1, 0.15) is 5.82 Å². The molecular weight excluding hydrogens is 370 g/mol. The number of rotatable bonds is 8. The van der Waals surface area contributed by atoms with Gasteiger partial charge in [-0.05, 0) is 68.4 Å². The molecule has 3 fully saturated rings. The van der Waals surface area contributed by atoms with Crippen molar-refractivity contribution in [2.24, 2.45) is 0 Å². The molecule has 0 atom stereocenters. The van der Waals surface area contributed by atoms with E-state index in [9.17, 15) is 4.79 Å². The van der Waals surface area contributed by atoms with Gasteiger partial charge in [0.05, 0.1) is 6.67 Å². The van der Waals surface area contributed by atoms with Crippen molar-refractivity contribution in [1.29, 1.82) is 0 Å². The summed E-state index contributed by atoms with van der Waals surface area (Å²) in [5, 5.41) is 7.62. The second kappa shape index (κ2) is 7.12. The van der Waals surface area contributed by atoms with Crippen molar-refractivity contribution in [2.45, 2.75) is 69.7 Å². The maximum atomic E-state index is 11.8. The van der Waals surface area contributed by atoms with E-state index in [0.717, 1.165) is 18.0 Å². The van der Waals surface area contributed by atoms with Crippen molar-refractivity contribution in [3.05, 3.63) is 46.0 Å². The summed E-state index contributed by atoms with van der Waals surface area (Å²) in [6.07, 6.45) is 7.46. The van der Waals surface area contributed by atoms with Crippen LogP contribution in [-0.2, 0) is 13.2 Å². The van der Waals surface area contributed by atoms with Gasteiger partial charge in [-0.3, -0.25) is 9.69 Å². The van der Waals surface area contributed by atoms with Crippen LogP contribution in [0.3, 0.4) is 0 Å². The van der Waals surface area contributed by atoms with Gasteiger partial charge in [-0.25, -0.2) is 4.68 Å². The lowest BCUT2D eigenvalue weighted by Crippen LogP contribution is -2.29. The molecule has 3 aliphatic rings. The van der Waals surface area contributed by atoms with Crippen LogP contribution in [-0.4, -0.2) is 38.2 Å². The molecule has 0 radical (unpaired) electrons. The van der Waals surface area contributed by atoms with Crippen molar-refractivity contribution >= 4 is 18.1 Å². The van der Waals surface area contributed by atoms with E-state index in [4.69, 9.17) is 17.3 Å². The second-order valence-corrected chi connectivity index (χ2v) is 8.78. The summed E-state index contributed by atoms with van der Waals surface area (Å²) in [5.74, 6) is 1.79. The Morgan fingerprint density at radius 1 is 1.18 bits per heavy atom. The predicted octanol–water partition coefficient (Wildman–Crippen LogP) is 3.61. The van der Waals surface area contributed by atoms with Crippen LogP contribution in [0.25, 0.3) is 0 Å². The van der Waals surface area contributed by atoms with Crippen LogP contribution in [0.1, 0.15) is 72.2 Å². The quantitative estimate of drug-likeness (QED) is 0.692. The highest BCUT2D eigenvalue weighted by atomic mass is 32.1. The van der Waals surface area contributed by atoms with E-state index in [2.05, 4.69) is 31.6 Å². The Morgan fingerprint density at radius 2 is 1.89 bits per heavy atom. The molecule has 3 saturated carbocycles. The van der Waals surface area contributed by atoms with Crippen molar-refractivity contribution in [2.75, 3.05) is 7.05 Å². The number of benzene rings is 1. The van der Waals surface area contributed by atoms with Crippen LogP contribution in [0, 0.1) is 4.77 Å². The number of nitrogens with one attached hydrogen (secondary N) is 1. The van der Waals surface area contributed by atoms with E-state index in [0.29, 0.717) is 23.6 Å². The third-order valence-electron chi connectivity index (χ3n) is 5.96. The fraction of sp³-hybridized carbons (Fsp3) is 0.571. The van der Waals surface area contributed by atoms with Gasteiger partial charge in [0.2, 0.25) is 0 Å². The standard InChI is InChI=1S/C21H27N5OS/c1-22-20(27)16-4-2-14(3-5-16)12-24(17-8-9-17)13-25-21(28)26(18-10-11-18)19(23-25)15-6-7-15/h2-5,15,17-18H,6-13H2,1H3,(H,22,27). The molecule has 0 saturated heterocycles. The smallest absolute Gasteiger partial charge is 0.251 e. The number of aromatic nitrogens is 3. The zero-order valence-corrected chi connectivity index (χ0v) is 17.1. The fourth-order valence-corrected chi connectivity index (χ4v) is 4.21. The van der Waals surface area contributed by atoms with E-state index >= 15 is 0 Å². The van der Waals surface area contributed by atoms with Gasteiger partial charge < -0.3 is 9.88 Å². The highest BCUT2D eigenvalue weighted by molar-refractivity contribution is 7.71. The van der Waals surface area contributed by atoms with Gasteiger partial charge >= 0.3 is 0 Å². The summed E-state index contributed by atoms with van der Waals surface area (Å²) < 4.78 is 5.29. The Morgan fingerprint density at radius 3 is 2.46 bits per heavy atom. The van der Waals surface area contributed by atoms with Crippen molar-refractivity contribution < 1.29 is 4.79 Å². The third kappa shape index (κ3) is 3.65. The lowest BCUT2D eigenvalue weighted by molar-refractivity contribution is 0.0963. The average Bonchev–Trinajstić information content (AvgIpc) is 3.57. The molecule has 5 rings (SSSR count). The Balaban J connectivity index is 1.35. The Labute approximate surface area is 170 Å². The predicted molar refractivity (Wildman–Crippen MR) is 110 cm³/mol. The molecule has 1 amide bonds. The summed E-state index contributed by atoms with van der Waals surface area (Å²) in [7, 11) is 1.66. The molecule has 3 aliphatic carbocycles. The molecule has 0 spiro atoms. The zero-order valence-electron chi connectivity index (χ0n) is 16.3. The Kier molecular flexibility index (Phi) is 4.59. The highest BCUT2D eigenvalue weighted by Crippen LogP contribution is 2.44. The minimum Gasteiger partial charge on any atom is -0.355 e. The number of nitrogens with zero attached hydrogens (tertiary/aromatic N) is 4. The summed E-state index contributed by atoms with van der Waals surface area (Å²) in [4.78, 5) is 14.2. The fourth-order valence-electron chi connectivity index (χ4n) is 3.87. The monoisotopic (exact) mass is 397 g/mol. The SMILES string of the molecule is CNC(=O)c1ccc(CN(Cn2nc(C3CC3)n(C3CC3)c2=S)C2CC2)cc1. The van der Waals surface area contributed by atoms with Crippen LogP contribution in [0.15, 0.2) is 24.3 Å². The van der Waals surface area contributed by atoms with Gasteiger partial charge in [-0.15, -0.1) is 0 Å². The van der Waals surface area contributed by atoms with Crippen LogP contribution in [0.5, 0.6) is 0 Å². The van der Waals surface area contributed by atoms with Crippen LogP contribution in [0.4, 0.5) is 0 Å². The van der Waals surface area contributed by atoms with Crippen molar-refractivity contribution in [1.82, 2.24) is 24.6 Å². The second-order valence-electron chi connectivity index (χ2n) is 8.41. The number of hydrogen-bond acceptors (Lipinski definition) is 4. The molecule has 0 bridgehead atoms. The lowest BCUT2D eigenvalue weighted by Gasteiger charge is -2.22. The molecule has 28 heavy (non-hydrogen) atoms. The highest BCUT2D eigenvalue weighted by Gasteiger charge is 2.36. The first kappa shape index (κ1) is 18.1. The first-order chi connectivity index (χ1) is 13.6.